The third-order valence-electron chi connectivity index (χ3n) is 5.35. The smallest absolute Gasteiger partial charge is 0.367 e. The van der Waals surface area contributed by atoms with Gasteiger partial charge in [-0.25, -0.2) is 19.3 Å². The minimum Gasteiger partial charge on any atom is -0.367 e. The molecular weight excluding hydrogens is 410 g/mol. The number of anilines is 1. The second-order valence-electron chi connectivity index (χ2n) is 7.28. The molecule has 1 aliphatic rings. The average molecular weight is 428 g/mol. The van der Waals surface area contributed by atoms with Gasteiger partial charge >= 0.3 is 6.18 Å². The molecule has 1 aliphatic carbocycles. The van der Waals surface area contributed by atoms with Gasteiger partial charge in [0, 0.05) is 29.9 Å². The van der Waals surface area contributed by atoms with Gasteiger partial charge in [0.15, 0.2) is 17.5 Å². The Balaban J connectivity index is 1.47. The average Bonchev–Trinajstić information content (AvgIpc) is 3.10. The highest BCUT2D eigenvalue weighted by molar-refractivity contribution is 6.31. The van der Waals surface area contributed by atoms with Crippen LogP contribution in [0.1, 0.15) is 25.7 Å². The summed E-state index contributed by atoms with van der Waals surface area (Å²) in [5.41, 5.74) is 1.23. The van der Waals surface area contributed by atoms with Crippen molar-refractivity contribution in [3.63, 3.8) is 0 Å². The summed E-state index contributed by atoms with van der Waals surface area (Å²) in [6.45, 7) is 0.360. The Morgan fingerprint density at radius 2 is 1.90 bits per heavy atom. The molecule has 0 aliphatic heterocycles. The highest BCUT2D eigenvalue weighted by atomic mass is 35.5. The van der Waals surface area contributed by atoms with E-state index in [9.17, 15) is 17.6 Å². The van der Waals surface area contributed by atoms with E-state index in [2.05, 4.69) is 25.3 Å². The maximum Gasteiger partial charge on any atom is 0.391 e. The second kappa shape index (κ2) is 7.78. The van der Waals surface area contributed by atoms with Crippen LogP contribution in [0, 0.1) is 17.7 Å². The topological polar surface area (TPSA) is 66.5 Å². The van der Waals surface area contributed by atoms with E-state index in [0.29, 0.717) is 46.8 Å². The molecule has 10 heteroatoms. The van der Waals surface area contributed by atoms with Crippen molar-refractivity contribution >= 4 is 28.5 Å². The molecule has 3 aromatic rings. The van der Waals surface area contributed by atoms with E-state index < -0.39 is 17.9 Å². The first-order valence-corrected chi connectivity index (χ1v) is 9.65. The molecule has 0 spiro atoms. The molecule has 0 bridgehead atoms. The van der Waals surface area contributed by atoms with Gasteiger partial charge in [-0.15, -0.1) is 0 Å². The number of nitrogens with zero attached hydrogens (tertiary/aromatic N) is 3. The lowest BCUT2D eigenvalue weighted by molar-refractivity contribution is -0.183. The van der Waals surface area contributed by atoms with Crippen molar-refractivity contribution in [3.05, 3.63) is 35.5 Å². The Bertz CT molecular complexity index is 1010. The van der Waals surface area contributed by atoms with Crippen LogP contribution in [0.3, 0.4) is 0 Å². The number of hydrogen-bond donors (Lipinski definition) is 2. The highest BCUT2D eigenvalue weighted by Gasteiger charge is 2.41. The van der Waals surface area contributed by atoms with Crippen LogP contribution in [0.15, 0.2) is 24.7 Å². The molecule has 0 radical (unpaired) electrons. The van der Waals surface area contributed by atoms with Crippen LogP contribution in [0.5, 0.6) is 0 Å². The van der Waals surface area contributed by atoms with Crippen LogP contribution in [0.2, 0.25) is 5.02 Å². The first-order valence-electron chi connectivity index (χ1n) is 9.27. The minimum absolute atomic E-state index is 0.0253. The minimum atomic E-state index is -4.14. The number of fused-ring (bicyclic) bond motifs is 1. The Morgan fingerprint density at radius 3 is 2.62 bits per heavy atom. The summed E-state index contributed by atoms with van der Waals surface area (Å²) < 4.78 is 52.6. The number of H-pyrrole nitrogens is 1. The summed E-state index contributed by atoms with van der Waals surface area (Å²) >= 11 is 6.01. The zero-order valence-corrected chi connectivity index (χ0v) is 16.0. The van der Waals surface area contributed by atoms with Crippen LogP contribution < -0.4 is 5.32 Å². The Morgan fingerprint density at radius 1 is 1.14 bits per heavy atom. The van der Waals surface area contributed by atoms with Gasteiger partial charge in [0.05, 0.1) is 17.1 Å². The number of aromatic nitrogens is 4. The SMILES string of the molecule is Fc1cnc(-c2c[nH]c3ncc(Cl)cc23)nc1NCC1CCC(C(F)(F)F)CC1. The van der Waals surface area contributed by atoms with Gasteiger partial charge in [0.1, 0.15) is 5.65 Å². The molecule has 2 N–H and O–H groups in total. The molecule has 1 saturated carbocycles. The standard InChI is InChI=1S/C19H18ClF4N5/c20-12-5-13-14(8-27-16(13)26-7-12)17-28-9-15(21)18(29-17)25-6-10-1-3-11(4-2-10)19(22,23)24/h5,7-11H,1-4,6H2,(H,26,27)(H,25,28,29). The van der Waals surface area contributed by atoms with Crippen LogP contribution in [-0.2, 0) is 0 Å². The number of nitrogens with one attached hydrogen (secondary N) is 2. The van der Waals surface area contributed by atoms with Gasteiger partial charge in [-0.05, 0) is 37.7 Å². The van der Waals surface area contributed by atoms with Crippen LogP contribution in [-0.4, -0.2) is 32.7 Å². The molecule has 0 aromatic carbocycles. The molecule has 0 atom stereocenters. The van der Waals surface area contributed by atoms with Gasteiger partial charge in [-0.1, -0.05) is 11.6 Å². The fourth-order valence-corrected chi connectivity index (χ4v) is 3.88. The quantitative estimate of drug-likeness (QED) is 0.532. The molecule has 0 unspecified atom stereocenters. The lowest BCUT2D eigenvalue weighted by Gasteiger charge is -2.30. The monoisotopic (exact) mass is 427 g/mol. The van der Waals surface area contributed by atoms with E-state index in [0.717, 1.165) is 6.20 Å². The van der Waals surface area contributed by atoms with Crippen molar-refractivity contribution in [2.24, 2.45) is 11.8 Å². The number of pyridine rings is 1. The van der Waals surface area contributed by atoms with Crippen molar-refractivity contribution < 1.29 is 17.6 Å². The molecule has 4 rings (SSSR count). The van der Waals surface area contributed by atoms with E-state index in [1.165, 1.54) is 6.20 Å². The maximum atomic E-state index is 14.2. The normalized spacial score (nSPS) is 20.2. The zero-order chi connectivity index (χ0) is 20.6. The lowest BCUT2D eigenvalue weighted by Crippen LogP contribution is -2.30. The summed E-state index contributed by atoms with van der Waals surface area (Å²) in [6.07, 6.45) is 1.23. The fraction of sp³-hybridized carbons (Fsp3) is 0.421. The molecule has 0 amide bonds. The van der Waals surface area contributed by atoms with Gasteiger partial charge in [-0.2, -0.15) is 13.2 Å². The first-order chi connectivity index (χ1) is 13.8. The van der Waals surface area contributed by atoms with E-state index in [1.807, 2.05) is 0 Å². The van der Waals surface area contributed by atoms with E-state index in [4.69, 9.17) is 11.6 Å². The van der Waals surface area contributed by atoms with E-state index in [-0.39, 0.29) is 24.6 Å². The number of halogens is 5. The van der Waals surface area contributed by atoms with Gasteiger partial charge in [0.2, 0.25) is 0 Å². The Labute approximate surface area is 168 Å². The molecular formula is C19H18ClF4N5. The Hall–Kier alpha value is -2.42. The summed E-state index contributed by atoms with van der Waals surface area (Å²) in [5, 5.41) is 4.10. The number of hydrogen-bond acceptors (Lipinski definition) is 4. The van der Waals surface area contributed by atoms with Crippen molar-refractivity contribution in [1.29, 1.82) is 0 Å². The maximum absolute atomic E-state index is 14.2. The van der Waals surface area contributed by atoms with Crippen molar-refractivity contribution in [2.75, 3.05) is 11.9 Å². The predicted octanol–water partition coefficient (Wildman–Crippen LogP) is 5.59. The third-order valence-corrected chi connectivity index (χ3v) is 5.56. The predicted molar refractivity (Wildman–Crippen MR) is 102 cm³/mol. The van der Waals surface area contributed by atoms with Crippen LogP contribution >= 0.6 is 11.6 Å². The molecule has 5 nitrogen and oxygen atoms in total. The summed E-state index contributed by atoms with van der Waals surface area (Å²) in [5.74, 6) is -1.48. The number of aromatic amines is 1. The Kier molecular flexibility index (Phi) is 5.33. The van der Waals surface area contributed by atoms with Gasteiger partial charge in [0.25, 0.3) is 0 Å². The van der Waals surface area contributed by atoms with Crippen molar-refractivity contribution in [3.8, 4) is 11.4 Å². The molecule has 29 heavy (non-hydrogen) atoms. The first kappa shape index (κ1) is 19.9. The highest BCUT2D eigenvalue weighted by Crippen LogP contribution is 2.39. The third kappa shape index (κ3) is 4.29. The lowest BCUT2D eigenvalue weighted by atomic mass is 9.81. The molecule has 0 saturated heterocycles. The van der Waals surface area contributed by atoms with Crippen molar-refractivity contribution in [2.45, 2.75) is 31.9 Å². The summed E-state index contributed by atoms with van der Waals surface area (Å²) in [4.78, 5) is 15.5. The van der Waals surface area contributed by atoms with Gasteiger partial charge in [-0.3, -0.25) is 0 Å². The van der Waals surface area contributed by atoms with Crippen molar-refractivity contribution in [1.82, 2.24) is 19.9 Å². The summed E-state index contributed by atoms with van der Waals surface area (Å²) in [6, 6.07) is 1.72. The fourth-order valence-electron chi connectivity index (χ4n) is 3.72. The van der Waals surface area contributed by atoms with E-state index in [1.54, 1.807) is 12.3 Å². The number of rotatable bonds is 4. The number of alkyl halides is 3. The van der Waals surface area contributed by atoms with E-state index >= 15 is 0 Å². The van der Waals surface area contributed by atoms with Gasteiger partial charge < -0.3 is 10.3 Å². The molecule has 3 aromatic heterocycles. The molecule has 3 heterocycles. The molecule has 154 valence electrons. The van der Waals surface area contributed by atoms with Crippen LogP contribution in [0.4, 0.5) is 23.4 Å². The summed E-state index contributed by atoms with van der Waals surface area (Å²) in [7, 11) is 0. The zero-order valence-electron chi connectivity index (χ0n) is 15.2. The largest absolute Gasteiger partial charge is 0.391 e. The molecule has 1 fully saturated rings. The second-order valence-corrected chi connectivity index (χ2v) is 7.72. The van der Waals surface area contributed by atoms with Crippen LogP contribution in [0.25, 0.3) is 22.4 Å².